The molecule has 2 heteroatoms. The number of rotatable bonds is 2. The molecule has 0 N–H and O–H groups in total. The first-order valence-electron chi connectivity index (χ1n) is 7.01. The third-order valence-corrected chi connectivity index (χ3v) is 4.55. The Kier molecular flexibility index (Phi) is 3.88. The van der Waals surface area contributed by atoms with Gasteiger partial charge in [-0.1, -0.05) is 39.0 Å². The van der Waals surface area contributed by atoms with Gasteiger partial charge in [0.05, 0.1) is 0 Å². The topological polar surface area (TPSA) is 20.3 Å². The monoisotopic (exact) mass is 223 g/mol. The highest BCUT2D eigenvalue weighted by atomic mass is 16.2. The Bertz CT molecular complexity index is 245. The lowest BCUT2D eigenvalue weighted by Crippen LogP contribution is -2.33. The molecule has 0 aromatic rings. The SMILES string of the molecule is CCC(=O)N1CC(C2CCCCC2)CC1C. The van der Waals surface area contributed by atoms with Gasteiger partial charge in [0, 0.05) is 19.0 Å². The summed E-state index contributed by atoms with van der Waals surface area (Å²) in [6.45, 7) is 5.23. The lowest BCUT2D eigenvalue weighted by Gasteiger charge is -2.27. The van der Waals surface area contributed by atoms with E-state index in [-0.39, 0.29) is 0 Å². The van der Waals surface area contributed by atoms with Crippen molar-refractivity contribution in [1.82, 2.24) is 4.90 Å². The largest absolute Gasteiger partial charge is 0.340 e. The molecular formula is C14H25NO. The lowest BCUT2D eigenvalue weighted by atomic mass is 9.79. The van der Waals surface area contributed by atoms with Crippen molar-refractivity contribution in [3.05, 3.63) is 0 Å². The van der Waals surface area contributed by atoms with Gasteiger partial charge >= 0.3 is 0 Å². The summed E-state index contributed by atoms with van der Waals surface area (Å²) in [7, 11) is 0. The number of hydrogen-bond donors (Lipinski definition) is 0. The van der Waals surface area contributed by atoms with Gasteiger partial charge in [-0.15, -0.1) is 0 Å². The van der Waals surface area contributed by atoms with Crippen LogP contribution in [0.2, 0.25) is 0 Å². The van der Waals surface area contributed by atoms with Crippen molar-refractivity contribution in [3.8, 4) is 0 Å². The molecule has 0 bridgehead atoms. The molecule has 1 saturated carbocycles. The number of carbonyl (C=O) groups excluding carboxylic acids is 1. The van der Waals surface area contributed by atoms with Gasteiger partial charge < -0.3 is 4.90 Å². The van der Waals surface area contributed by atoms with Crippen LogP contribution >= 0.6 is 0 Å². The van der Waals surface area contributed by atoms with Crippen molar-refractivity contribution in [1.29, 1.82) is 0 Å². The Morgan fingerprint density at radius 1 is 1.19 bits per heavy atom. The van der Waals surface area contributed by atoms with Gasteiger partial charge in [-0.3, -0.25) is 4.79 Å². The Morgan fingerprint density at radius 3 is 2.50 bits per heavy atom. The highest BCUT2D eigenvalue weighted by Gasteiger charge is 2.36. The van der Waals surface area contributed by atoms with E-state index < -0.39 is 0 Å². The number of hydrogen-bond acceptors (Lipinski definition) is 1. The fraction of sp³-hybridized carbons (Fsp3) is 0.929. The summed E-state index contributed by atoms with van der Waals surface area (Å²) in [6.07, 6.45) is 8.99. The Morgan fingerprint density at radius 2 is 1.88 bits per heavy atom. The average Bonchev–Trinajstić information content (AvgIpc) is 2.71. The van der Waals surface area contributed by atoms with E-state index in [4.69, 9.17) is 0 Å². The first-order valence-corrected chi connectivity index (χ1v) is 7.01. The molecule has 16 heavy (non-hydrogen) atoms. The molecule has 1 aliphatic heterocycles. The van der Waals surface area contributed by atoms with Crippen LogP contribution in [-0.4, -0.2) is 23.4 Å². The van der Waals surface area contributed by atoms with Crippen LogP contribution in [0.15, 0.2) is 0 Å². The van der Waals surface area contributed by atoms with Crippen LogP contribution in [0.3, 0.4) is 0 Å². The summed E-state index contributed by atoms with van der Waals surface area (Å²) < 4.78 is 0. The maximum atomic E-state index is 11.8. The van der Waals surface area contributed by atoms with Gasteiger partial charge in [-0.05, 0) is 25.2 Å². The third kappa shape index (κ3) is 2.41. The summed E-state index contributed by atoms with van der Waals surface area (Å²) in [5.41, 5.74) is 0. The van der Waals surface area contributed by atoms with Crippen molar-refractivity contribution in [2.45, 2.75) is 64.8 Å². The first kappa shape index (κ1) is 11.9. The average molecular weight is 223 g/mol. The zero-order chi connectivity index (χ0) is 11.5. The second-order valence-electron chi connectivity index (χ2n) is 5.64. The molecule has 0 aromatic carbocycles. The molecule has 2 atom stereocenters. The summed E-state index contributed by atoms with van der Waals surface area (Å²) in [5.74, 6) is 2.06. The standard InChI is InChI=1S/C14H25NO/c1-3-14(16)15-10-13(9-11(15)2)12-7-5-4-6-8-12/h11-13H,3-10H2,1-2H3. The summed E-state index contributed by atoms with van der Waals surface area (Å²) >= 11 is 0. The van der Waals surface area contributed by atoms with E-state index in [0.717, 1.165) is 18.4 Å². The van der Waals surface area contributed by atoms with E-state index in [1.807, 2.05) is 6.92 Å². The van der Waals surface area contributed by atoms with Gasteiger partial charge in [0.1, 0.15) is 0 Å². The van der Waals surface area contributed by atoms with Crippen LogP contribution in [0.25, 0.3) is 0 Å². The van der Waals surface area contributed by atoms with Gasteiger partial charge in [0.2, 0.25) is 5.91 Å². The fourth-order valence-electron chi connectivity index (χ4n) is 3.57. The molecule has 1 amide bonds. The third-order valence-electron chi connectivity index (χ3n) is 4.55. The minimum atomic E-state index is 0.353. The molecule has 1 saturated heterocycles. The molecule has 1 heterocycles. The number of nitrogens with zero attached hydrogens (tertiary/aromatic N) is 1. The van der Waals surface area contributed by atoms with E-state index in [1.54, 1.807) is 0 Å². The summed E-state index contributed by atoms with van der Waals surface area (Å²) in [4.78, 5) is 13.9. The number of carbonyl (C=O) groups is 1. The predicted octanol–water partition coefficient (Wildman–Crippen LogP) is 3.21. The van der Waals surface area contributed by atoms with E-state index in [0.29, 0.717) is 18.4 Å². The van der Waals surface area contributed by atoms with E-state index >= 15 is 0 Å². The second-order valence-corrected chi connectivity index (χ2v) is 5.64. The van der Waals surface area contributed by atoms with Crippen LogP contribution < -0.4 is 0 Å². The number of likely N-dealkylation sites (tertiary alicyclic amines) is 1. The molecule has 0 radical (unpaired) electrons. The molecule has 2 aliphatic rings. The molecule has 2 fully saturated rings. The summed E-state index contributed by atoms with van der Waals surface area (Å²) in [6, 6.07) is 0.486. The lowest BCUT2D eigenvalue weighted by molar-refractivity contribution is -0.131. The Balaban J connectivity index is 1.92. The highest BCUT2D eigenvalue weighted by molar-refractivity contribution is 5.76. The molecule has 2 unspecified atom stereocenters. The molecular weight excluding hydrogens is 198 g/mol. The molecule has 92 valence electrons. The van der Waals surface area contributed by atoms with Gasteiger partial charge in [0.25, 0.3) is 0 Å². The Labute approximate surface area is 99.4 Å². The van der Waals surface area contributed by atoms with Crippen LogP contribution in [0.5, 0.6) is 0 Å². The minimum Gasteiger partial charge on any atom is -0.340 e. The van der Waals surface area contributed by atoms with E-state index in [2.05, 4.69) is 11.8 Å². The minimum absolute atomic E-state index is 0.353. The van der Waals surface area contributed by atoms with E-state index in [1.165, 1.54) is 38.5 Å². The van der Waals surface area contributed by atoms with Crippen molar-refractivity contribution in [2.24, 2.45) is 11.8 Å². The zero-order valence-corrected chi connectivity index (χ0v) is 10.7. The second kappa shape index (κ2) is 5.20. The maximum absolute atomic E-state index is 11.8. The normalized spacial score (nSPS) is 32.0. The number of amides is 1. The van der Waals surface area contributed by atoms with Crippen LogP contribution in [0.1, 0.15) is 58.8 Å². The van der Waals surface area contributed by atoms with Crippen molar-refractivity contribution < 1.29 is 4.79 Å². The first-order chi connectivity index (χ1) is 7.72. The molecule has 2 nitrogen and oxygen atoms in total. The van der Waals surface area contributed by atoms with E-state index in [9.17, 15) is 4.79 Å². The molecule has 1 aliphatic carbocycles. The maximum Gasteiger partial charge on any atom is 0.222 e. The fourth-order valence-corrected chi connectivity index (χ4v) is 3.57. The predicted molar refractivity (Wildman–Crippen MR) is 66.1 cm³/mol. The van der Waals surface area contributed by atoms with Gasteiger partial charge in [0.15, 0.2) is 0 Å². The van der Waals surface area contributed by atoms with Crippen molar-refractivity contribution >= 4 is 5.91 Å². The quantitative estimate of drug-likeness (QED) is 0.704. The van der Waals surface area contributed by atoms with Crippen LogP contribution in [0.4, 0.5) is 0 Å². The molecule has 0 aromatic heterocycles. The van der Waals surface area contributed by atoms with Crippen LogP contribution in [-0.2, 0) is 4.79 Å². The van der Waals surface area contributed by atoms with Gasteiger partial charge in [-0.25, -0.2) is 0 Å². The summed E-state index contributed by atoms with van der Waals surface area (Å²) in [5, 5.41) is 0. The highest BCUT2D eigenvalue weighted by Crippen LogP contribution is 2.37. The zero-order valence-electron chi connectivity index (χ0n) is 10.7. The van der Waals surface area contributed by atoms with Crippen molar-refractivity contribution in [2.75, 3.05) is 6.54 Å². The van der Waals surface area contributed by atoms with Crippen molar-refractivity contribution in [3.63, 3.8) is 0 Å². The molecule has 2 rings (SSSR count). The smallest absolute Gasteiger partial charge is 0.222 e. The Hall–Kier alpha value is -0.530. The van der Waals surface area contributed by atoms with Crippen LogP contribution in [0, 0.1) is 11.8 Å². The molecule has 0 spiro atoms. The van der Waals surface area contributed by atoms with Gasteiger partial charge in [-0.2, -0.15) is 0 Å².